The van der Waals surface area contributed by atoms with Crippen LogP contribution in [0.4, 0.5) is 0 Å². The summed E-state index contributed by atoms with van der Waals surface area (Å²) in [6.45, 7) is 4.56. The summed E-state index contributed by atoms with van der Waals surface area (Å²) in [5, 5.41) is 18.2. The highest BCUT2D eigenvalue weighted by Crippen LogP contribution is 2.10. The third-order valence-corrected chi connectivity index (χ3v) is 4.68. The summed E-state index contributed by atoms with van der Waals surface area (Å²) in [5.74, 6) is -1.58. The normalized spacial score (nSPS) is 19.8. The van der Waals surface area contributed by atoms with Gasteiger partial charge in [0, 0.05) is 6.54 Å². The summed E-state index contributed by atoms with van der Waals surface area (Å²) < 4.78 is 5.39. The van der Waals surface area contributed by atoms with Crippen molar-refractivity contribution in [2.75, 3.05) is 6.54 Å². The highest BCUT2D eigenvalue weighted by molar-refractivity contribution is 6.38. The molecule has 0 spiro atoms. The standard InChI is InChI=1S/C21H31N3O5/c1-14(2)12-17(24-21(28)29-13-15-8-4-3-5-9-15)19(26)23-16-10-6-7-11-22-20(27)18(16)25/h3-5,8-9,14,16-17,21,24,28H,6-7,10-13H2,1-2H3,(H,22,27)(H,23,26). The van der Waals surface area contributed by atoms with Gasteiger partial charge in [0.25, 0.3) is 5.91 Å². The molecule has 1 fully saturated rings. The third kappa shape index (κ3) is 7.92. The fraction of sp³-hybridized carbons (Fsp3) is 0.571. The van der Waals surface area contributed by atoms with Crippen molar-refractivity contribution < 1.29 is 24.2 Å². The van der Waals surface area contributed by atoms with Crippen LogP contribution in [0.3, 0.4) is 0 Å². The molecule has 29 heavy (non-hydrogen) atoms. The highest BCUT2D eigenvalue weighted by atomic mass is 16.6. The number of ether oxygens (including phenoxy) is 1. The maximum Gasteiger partial charge on any atom is 0.289 e. The molecule has 0 radical (unpaired) electrons. The zero-order valence-corrected chi connectivity index (χ0v) is 17.0. The fourth-order valence-electron chi connectivity index (χ4n) is 3.15. The lowest BCUT2D eigenvalue weighted by Gasteiger charge is -2.26. The van der Waals surface area contributed by atoms with Crippen molar-refractivity contribution in [2.45, 2.75) is 64.6 Å². The van der Waals surface area contributed by atoms with Crippen molar-refractivity contribution in [1.29, 1.82) is 0 Å². The molecule has 3 unspecified atom stereocenters. The quantitative estimate of drug-likeness (QED) is 0.357. The Morgan fingerprint density at radius 2 is 1.97 bits per heavy atom. The van der Waals surface area contributed by atoms with Crippen molar-refractivity contribution in [3.63, 3.8) is 0 Å². The lowest BCUT2D eigenvalue weighted by atomic mass is 9.99. The van der Waals surface area contributed by atoms with Crippen LogP contribution in [0.15, 0.2) is 30.3 Å². The topological polar surface area (TPSA) is 117 Å². The van der Waals surface area contributed by atoms with Crippen molar-refractivity contribution >= 4 is 17.6 Å². The summed E-state index contributed by atoms with van der Waals surface area (Å²) in [4.78, 5) is 36.8. The average Bonchev–Trinajstić information content (AvgIpc) is 2.69. The van der Waals surface area contributed by atoms with Gasteiger partial charge in [-0.2, -0.15) is 0 Å². The smallest absolute Gasteiger partial charge is 0.289 e. The van der Waals surface area contributed by atoms with Gasteiger partial charge in [-0.3, -0.25) is 19.7 Å². The summed E-state index contributed by atoms with van der Waals surface area (Å²) in [7, 11) is 0. The second-order valence-corrected chi connectivity index (χ2v) is 7.67. The fourth-order valence-corrected chi connectivity index (χ4v) is 3.15. The zero-order chi connectivity index (χ0) is 21.2. The van der Waals surface area contributed by atoms with E-state index >= 15 is 0 Å². The number of amides is 2. The molecule has 2 rings (SSSR count). The van der Waals surface area contributed by atoms with E-state index < -0.39 is 36.1 Å². The van der Waals surface area contributed by atoms with Crippen LogP contribution in [-0.2, 0) is 25.7 Å². The average molecular weight is 405 g/mol. The number of carbonyl (C=O) groups is 3. The Hall–Kier alpha value is -2.29. The predicted octanol–water partition coefficient (Wildman–Crippen LogP) is 0.837. The first kappa shape index (κ1) is 23.0. The van der Waals surface area contributed by atoms with Crippen LogP contribution in [0.25, 0.3) is 0 Å². The molecule has 8 heteroatoms. The number of ketones is 1. The monoisotopic (exact) mass is 405 g/mol. The number of nitrogens with one attached hydrogen (secondary N) is 3. The van der Waals surface area contributed by atoms with E-state index in [0.717, 1.165) is 18.4 Å². The molecular weight excluding hydrogens is 374 g/mol. The maximum absolute atomic E-state index is 12.8. The number of aliphatic hydroxyl groups excluding tert-OH is 1. The Kier molecular flexibility index (Phi) is 9.24. The van der Waals surface area contributed by atoms with Crippen LogP contribution in [0.2, 0.25) is 0 Å². The molecule has 0 saturated carbocycles. The summed E-state index contributed by atoms with van der Waals surface area (Å²) >= 11 is 0. The van der Waals surface area contributed by atoms with E-state index in [1.165, 1.54) is 0 Å². The Balaban J connectivity index is 1.95. The lowest BCUT2D eigenvalue weighted by Crippen LogP contribution is -2.55. The molecule has 1 aromatic carbocycles. The van der Waals surface area contributed by atoms with Crippen LogP contribution in [0.5, 0.6) is 0 Å². The van der Waals surface area contributed by atoms with E-state index in [1.54, 1.807) is 0 Å². The van der Waals surface area contributed by atoms with Crippen LogP contribution in [-0.4, -0.2) is 47.7 Å². The van der Waals surface area contributed by atoms with Crippen LogP contribution < -0.4 is 16.0 Å². The minimum absolute atomic E-state index is 0.163. The molecule has 0 aromatic heterocycles. The molecule has 8 nitrogen and oxygen atoms in total. The molecular formula is C21H31N3O5. The molecule has 2 amide bonds. The number of hydrogen-bond donors (Lipinski definition) is 4. The Bertz CT molecular complexity index is 680. The maximum atomic E-state index is 12.8. The Labute approximate surface area is 171 Å². The van der Waals surface area contributed by atoms with E-state index in [2.05, 4.69) is 16.0 Å². The summed E-state index contributed by atoms with van der Waals surface area (Å²) in [6, 6.07) is 7.75. The first-order chi connectivity index (χ1) is 13.9. The molecule has 4 N–H and O–H groups in total. The van der Waals surface area contributed by atoms with E-state index in [0.29, 0.717) is 19.4 Å². The molecule has 1 saturated heterocycles. The van der Waals surface area contributed by atoms with Gasteiger partial charge in [0.2, 0.25) is 18.1 Å². The van der Waals surface area contributed by atoms with Crippen LogP contribution >= 0.6 is 0 Å². The first-order valence-electron chi connectivity index (χ1n) is 10.1. The van der Waals surface area contributed by atoms with E-state index in [9.17, 15) is 19.5 Å². The van der Waals surface area contributed by atoms with Gasteiger partial charge in [-0.1, -0.05) is 44.2 Å². The number of aliphatic hydroxyl groups is 1. The zero-order valence-electron chi connectivity index (χ0n) is 17.0. The van der Waals surface area contributed by atoms with E-state index in [4.69, 9.17) is 4.74 Å². The van der Waals surface area contributed by atoms with Crippen molar-refractivity contribution in [3.8, 4) is 0 Å². The van der Waals surface area contributed by atoms with Gasteiger partial charge in [0.05, 0.1) is 18.7 Å². The number of Topliss-reactive ketones (excluding diaryl/α,β-unsaturated/α-hetero) is 1. The van der Waals surface area contributed by atoms with Crippen LogP contribution in [0, 0.1) is 5.92 Å². The molecule has 0 aliphatic carbocycles. The van der Waals surface area contributed by atoms with Gasteiger partial charge >= 0.3 is 0 Å². The molecule has 0 bridgehead atoms. The molecule has 1 aliphatic rings. The van der Waals surface area contributed by atoms with E-state index in [1.807, 2.05) is 44.2 Å². The summed E-state index contributed by atoms with van der Waals surface area (Å²) in [6.07, 6.45) is 0.984. The van der Waals surface area contributed by atoms with Crippen molar-refractivity contribution in [2.24, 2.45) is 5.92 Å². The molecule has 1 aromatic rings. The van der Waals surface area contributed by atoms with Gasteiger partial charge in [-0.15, -0.1) is 0 Å². The second kappa shape index (κ2) is 11.6. The minimum Gasteiger partial charge on any atom is -0.356 e. The minimum atomic E-state index is -1.35. The Morgan fingerprint density at radius 3 is 2.66 bits per heavy atom. The van der Waals surface area contributed by atoms with Gasteiger partial charge in [0.15, 0.2) is 0 Å². The molecule has 3 atom stereocenters. The van der Waals surface area contributed by atoms with Crippen LogP contribution in [0.1, 0.15) is 45.1 Å². The van der Waals surface area contributed by atoms with Gasteiger partial charge < -0.3 is 20.5 Å². The SMILES string of the molecule is CC(C)CC(NC(O)OCc1ccccc1)C(=O)NC1CCCCNC(=O)C1=O. The highest BCUT2D eigenvalue weighted by Gasteiger charge is 2.31. The largest absolute Gasteiger partial charge is 0.356 e. The number of benzene rings is 1. The molecule has 160 valence electrons. The second-order valence-electron chi connectivity index (χ2n) is 7.67. The van der Waals surface area contributed by atoms with Gasteiger partial charge in [-0.25, -0.2) is 0 Å². The number of rotatable bonds is 9. The van der Waals surface area contributed by atoms with Gasteiger partial charge in [-0.05, 0) is 37.2 Å². The lowest BCUT2D eigenvalue weighted by molar-refractivity contribution is -0.147. The number of hydrogen-bond acceptors (Lipinski definition) is 6. The third-order valence-electron chi connectivity index (χ3n) is 4.68. The first-order valence-corrected chi connectivity index (χ1v) is 10.1. The van der Waals surface area contributed by atoms with Crippen molar-refractivity contribution in [3.05, 3.63) is 35.9 Å². The number of carbonyl (C=O) groups excluding carboxylic acids is 3. The Morgan fingerprint density at radius 1 is 1.24 bits per heavy atom. The van der Waals surface area contributed by atoms with Crippen molar-refractivity contribution in [1.82, 2.24) is 16.0 Å². The predicted molar refractivity (Wildman–Crippen MR) is 107 cm³/mol. The molecule has 1 aliphatic heterocycles. The van der Waals surface area contributed by atoms with Gasteiger partial charge in [0.1, 0.15) is 0 Å². The molecule has 1 heterocycles. The van der Waals surface area contributed by atoms with E-state index in [-0.39, 0.29) is 12.5 Å². The summed E-state index contributed by atoms with van der Waals surface area (Å²) in [5.41, 5.74) is 0.893.